The molecular formula is C13H19NO7S. The number of carboxylic acids is 1. The molecule has 0 aromatic carbocycles. The van der Waals surface area contributed by atoms with Gasteiger partial charge in [0.05, 0.1) is 6.61 Å². The highest BCUT2D eigenvalue weighted by molar-refractivity contribution is 7.89. The summed E-state index contributed by atoms with van der Waals surface area (Å²) in [5.41, 5.74) is 0. The van der Waals surface area contributed by atoms with E-state index >= 15 is 0 Å². The van der Waals surface area contributed by atoms with Crippen molar-refractivity contribution in [2.45, 2.75) is 38.3 Å². The predicted molar refractivity (Wildman–Crippen MR) is 75.9 cm³/mol. The largest absolute Gasteiger partial charge is 0.480 e. The van der Waals surface area contributed by atoms with Gasteiger partial charge in [-0.15, -0.1) is 0 Å². The zero-order valence-electron chi connectivity index (χ0n) is 12.5. The Morgan fingerprint density at radius 3 is 2.50 bits per heavy atom. The van der Waals surface area contributed by atoms with Gasteiger partial charge in [0, 0.05) is 0 Å². The molecule has 1 aromatic heterocycles. The summed E-state index contributed by atoms with van der Waals surface area (Å²) < 4.78 is 36.0. The van der Waals surface area contributed by atoms with Crippen LogP contribution in [0.25, 0.3) is 0 Å². The summed E-state index contributed by atoms with van der Waals surface area (Å²) in [6, 6.07) is 0.946. The number of carbonyl (C=O) groups is 2. The normalized spacial score (nSPS) is 14.3. The van der Waals surface area contributed by atoms with Crippen LogP contribution in [0.4, 0.5) is 0 Å². The number of hydrogen-bond acceptors (Lipinski definition) is 6. The van der Waals surface area contributed by atoms with E-state index < -0.39 is 39.0 Å². The molecule has 2 atom stereocenters. The van der Waals surface area contributed by atoms with Gasteiger partial charge in [-0.05, 0) is 25.0 Å². The molecule has 124 valence electrons. The Morgan fingerprint density at radius 1 is 1.36 bits per heavy atom. The quantitative estimate of drug-likeness (QED) is 0.686. The second-order valence-corrected chi connectivity index (χ2v) is 6.31. The van der Waals surface area contributed by atoms with Crippen LogP contribution in [-0.4, -0.2) is 38.1 Å². The molecule has 1 heterocycles. The minimum absolute atomic E-state index is 0.120. The smallest absolute Gasteiger partial charge is 0.374 e. The fourth-order valence-corrected chi connectivity index (χ4v) is 2.88. The standard InChI is InChI=1S/C13H19NO7S/c1-4-8(3)11(12(15)16)14-22(18,19)10-7-6-9(21-10)13(17)20-5-2/h6-8,11,14H,4-5H2,1-3H3,(H,15,16)/t8-,11-/m0/s1. The lowest BCUT2D eigenvalue weighted by Gasteiger charge is -2.19. The molecule has 22 heavy (non-hydrogen) atoms. The average Bonchev–Trinajstić information content (AvgIpc) is 2.94. The zero-order chi connectivity index (χ0) is 16.9. The zero-order valence-corrected chi connectivity index (χ0v) is 13.3. The Labute approximate surface area is 128 Å². The Morgan fingerprint density at radius 2 is 2.00 bits per heavy atom. The lowest BCUT2D eigenvalue weighted by atomic mass is 10.0. The summed E-state index contributed by atoms with van der Waals surface area (Å²) >= 11 is 0. The van der Waals surface area contributed by atoms with Crippen LogP contribution in [0.2, 0.25) is 0 Å². The first-order valence-corrected chi connectivity index (χ1v) is 8.23. The van der Waals surface area contributed by atoms with E-state index in [0.717, 1.165) is 12.1 Å². The molecule has 0 unspecified atom stereocenters. The number of carbonyl (C=O) groups excluding carboxylic acids is 1. The van der Waals surface area contributed by atoms with Gasteiger partial charge in [-0.25, -0.2) is 13.2 Å². The summed E-state index contributed by atoms with van der Waals surface area (Å²) in [5.74, 6) is -2.75. The third-order valence-corrected chi connectivity index (χ3v) is 4.40. The van der Waals surface area contributed by atoms with Gasteiger partial charge in [-0.3, -0.25) is 4.79 Å². The van der Waals surface area contributed by atoms with Crippen LogP contribution in [0.15, 0.2) is 21.6 Å². The molecule has 2 N–H and O–H groups in total. The van der Waals surface area contributed by atoms with Gasteiger partial charge < -0.3 is 14.3 Å². The van der Waals surface area contributed by atoms with Crippen molar-refractivity contribution in [1.82, 2.24) is 4.72 Å². The maximum atomic E-state index is 12.1. The van der Waals surface area contributed by atoms with Gasteiger partial charge in [0.25, 0.3) is 10.0 Å². The van der Waals surface area contributed by atoms with Gasteiger partial charge in [0.15, 0.2) is 0 Å². The van der Waals surface area contributed by atoms with E-state index in [1.807, 2.05) is 0 Å². The SMILES string of the molecule is CCOC(=O)c1ccc(S(=O)(=O)N[C@H](C(=O)O)[C@@H](C)CC)o1. The third kappa shape index (κ3) is 4.31. The van der Waals surface area contributed by atoms with Gasteiger partial charge in [-0.1, -0.05) is 20.3 Å². The Hall–Kier alpha value is -1.87. The fourth-order valence-electron chi connectivity index (χ4n) is 1.65. The van der Waals surface area contributed by atoms with Gasteiger partial charge in [0.1, 0.15) is 6.04 Å². The fraction of sp³-hybridized carbons (Fsp3) is 0.538. The first kappa shape index (κ1) is 18.2. The van der Waals surface area contributed by atoms with E-state index in [4.69, 9.17) is 9.52 Å². The molecule has 1 rings (SSSR count). The molecule has 0 aliphatic carbocycles. The van der Waals surface area contributed by atoms with Crippen LogP contribution < -0.4 is 4.72 Å². The van der Waals surface area contributed by atoms with Crippen LogP contribution in [0.1, 0.15) is 37.7 Å². The first-order chi connectivity index (χ1) is 10.2. The Kier molecular flexibility index (Phi) is 6.12. The van der Waals surface area contributed by atoms with Crippen LogP contribution in [-0.2, 0) is 19.6 Å². The number of sulfonamides is 1. The number of ether oxygens (including phenoxy) is 1. The molecule has 0 saturated carbocycles. The van der Waals surface area contributed by atoms with Gasteiger partial charge >= 0.3 is 11.9 Å². The third-order valence-electron chi connectivity index (χ3n) is 3.08. The number of hydrogen-bond donors (Lipinski definition) is 2. The molecule has 1 aromatic rings. The molecule has 0 saturated heterocycles. The minimum Gasteiger partial charge on any atom is -0.480 e. The molecule has 8 nitrogen and oxygen atoms in total. The number of rotatable bonds is 8. The van der Waals surface area contributed by atoms with E-state index in [0.29, 0.717) is 6.42 Å². The number of furan rings is 1. The maximum Gasteiger partial charge on any atom is 0.374 e. The van der Waals surface area contributed by atoms with Crippen molar-refractivity contribution in [3.05, 3.63) is 17.9 Å². The molecule has 0 bridgehead atoms. The summed E-state index contributed by atoms with van der Waals surface area (Å²) in [6.07, 6.45) is 0.478. The second kappa shape index (κ2) is 7.41. The van der Waals surface area contributed by atoms with Crippen molar-refractivity contribution in [3.8, 4) is 0 Å². The molecular weight excluding hydrogens is 314 g/mol. The average molecular weight is 333 g/mol. The second-order valence-electron chi connectivity index (χ2n) is 4.66. The van der Waals surface area contributed by atoms with Crippen molar-refractivity contribution in [2.75, 3.05) is 6.61 Å². The Bertz CT molecular complexity index is 635. The lowest BCUT2D eigenvalue weighted by Crippen LogP contribution is -2.44. The molecule has 0 radical (unpaired) electrons. The van der Waals surface area contributed by atoms with Crippen LogP contribution in [0.3, 0.4) is 0 Å². The Balaban J connectivity index is 2.99. The van der Waals surface area contributed by atoms with Crippen LogP contribution >= 0.6 is 0 Å². The summed E-state index contributed by atoms with van der Waals surface area (Å²) in [6.45, 7) is 5.09. The topological polar surface area (TPSA) is 123 Å². The first-order valence-electron chi connectivity index (χ1n) is 6.75. The minimum atomic E-state index is -4.19. The van der Waals surface area contributed by atoms with Gasteiger partial charge in [-0.2, -0.15) is 4.72 Å². The van der Waals surface area contributed by atoms with Crippen LogP contribution in [0.5, 0.6) is 0 Å². The summed E-state index contributed by atoms with van der Waals surface area (Å²) in [4.78, 5) is 22.6. The highest BCUT2D eigenvalue weighted by Gasteiger charge is 2.31. The molecule has 9 heteroatoms. The number of aliphatic carboxylic acids is 1. The van der Waals surface area contributed by atoms with E-state index in [1.165, 1.54) is 0 Å². The lowest BCUT2D eigenvalue weighted by molar-refractivity contribution is -0.140. The van der Waals surface area contributed by atoms with Crippen molar-refractivity contribution < 1.29 is 32.3 Å². The monoisotopic (exact) mass is 333 g/mol. The molecule has 0 aliphatic rings. The number of carboxylic acid groups (broad SMARTS) is 1. The van der Waals surface area contributed by atoms with E-state index in [1.54, 1.807) is 20.8 Å². The van der Waals surface area contributed by atoms with Crippen molar-refractivity contribution in [1.29, 1.82) is 0 Å². The van der Waals surface area contributed by atoms with Crippen LogP contribution in [0, 0.1) is 5.92 Å². The maximum absolute atomic E-state index is 12.1. The number of esters is 1. The molecule has 0 fully saturated rings. The van der Waals surface area contributed by atoms with Gasteiger partial charge in [0.2, 0.25) is 10.9 Å². The van der Waals surface area contributed by atoms with E-state index in [9.17, 15) is 18.0 Å². The molecule has 0 spiro atoms. The van der Waals surface area contributed by atoms with Crippen molar-refractivity contribution >= 4 is 22.0 Å². The molecule has 0 aliphatic heterocycles. The number of nitrogens with one attached hydrogen (secondary N) is 1. The highest BCUT2D eigenvalue weighted by Crippen LogP contribution is 2.17. The van der Waals surface area contributed by atoms with Crippen molar-refractivity contribution in [3.63, 3.8) is 0 Å². The van der Waals surface area contributed by atoms with Crippen molar-refractivity contribution in [2.24, 2.45) is 5.92 Å². The summed E-state index contributed by atoms with van der Waals surface area (Å²) in [5, 5.41) is 8.58. The highest BCUT2D eigenvalue weighted by atomic mass is 32.2. The van der Waals surface area contributed by atoms with E-state index in [2.05, 4.69) is 9.46 Å². The van der Waals surface area contributed by atoms with E-state index in [-0.39, 0.29) is 12.4 Å². The molecule has 0 amide bonds. The summed E-state index contributed by atoms with van der Waals surface area (Å²) in [7, 11) is -4.19. The predicted octanol–water partition coefficient (Wildman–Crippen LogP) is 1.23.